The summed E-state index contributed by atoms with van der Waals surface area (Å²) >= 11 is 0. The Kier molecular flexibility index (Phi) is 4.05. The molecule has 0 aromatic heterocycles. The lowest BCUT2D eigenvalue weighted by Crippen LogP contribution is -2.27. The van der Waals surface area contributed by atoms with E-state index in [0.717, 1.165) is 6.92 Å². The Bertz CT molecular complexity index is 85.1. The molecule has 0 radical (unpaired) electrons. The van der Waals surface area contributed by atoms with Gasteiger partial charge in [-0.1, -0.05) is 6.42 Å². The third kappa shape index (κ3) is 7.43. The lowest BCUT2D eigenvalue weighted by atomic mass is 9.95. The van der Waals surface area contributed by atoms with Gasteiger partial charge in [0.2, 0.25) is 0 Å². The molecule has 0 amide bonds. The summed E-state index contributed by atoms with van der Waals surface area (Å²) in [6, 6.07) is 0.565. The molecule has 0 aromatic carbocycles. The molecule has 0 heterocycles. The molecule has 1 aliphatic rings. The van der Waals surface area contributed by atoms with Gasteiger partial charge >= 0.3 is 0 Å². The minimum absolute atomic E-state index is 0.565. The molecule has 1 rings (SSSR count). The molecule has 3 heteroatoms. The summed E-state index contributed by atoms with van der Waals surface area (Å²) in [5.74, 6) is -0.833. The lowest BCUT2D eigenvalue weighted by Gasteiger charge is -2.18. The van der Waals surface area contributed by atoms with E-state index in [4.69, 9.17) is 15.6 Å². The number of hydrogen-bond donors (Lipinski definition) is 2. The fourth-order valence-electron chi connectivity index (χ4n) is 0.440. The largest absolute Gasteiger partial charge is 0.481 e. The molecule has 54 valence electrons. The number of hydrogen-bond acceptors (Lipinski definition) is 2. The monoisotopic (exact) mass is 131 g/mol. The van der Waals surface area contributed by atoms with E-state index in [-0.39, 0.29) is 0 Å². The maximum atomic E-state index is 9.00. The molecule has 0 spiro atoms. The van der Waals surface area contributed by atoms with Crippen molar-refractivity contribution in [2.45, 2.75) is 32.2 Å². The van der Waals surface area contributed by atoms with E-state index in [2.05, 4.69) is 0 Å². The van der Waals surface area contributed by atoms with Crippen LogP contribution in [0, 0.1) is 0 Å². The summed E-state index contributed by atoms with van der Waals surface area (Å²) in [5, 5.41) is 7.42. The maximum absolute atomic E-state index is 9.00. The van der Waals surface area contributed by atoms with Gasteiger partial charge in [0.15, 0.2) is 0 Å². The van der Waals surface area contributed by atoms with Crippen LogP contribution in [0.15, 0.2) is 0 Å². The molecule has 1 aliphatic carbocycles. The van der Waals surface area contributed by atoms with Crippen molar-refractivity contribution in [2.75, 3.05) is 0 Å². The number of carbonyl (C=O) groups is 1. The van der Waals surface area contributed by atoms with Gasteiger partial charge in [0, 0.05) is 13.0 Å². The molecule has 3 N–H and O–H groups in total. The zero-order valence-corrected chi connectivity index (χ0v) is 5.63. The third-order valence-electron chi connectivity index (χ3n) is 1.15. The van der Waals surface area contributed by atoms with Crippen molar-refractivity contribution >= 4 is 5.97 Å². The highest BCUT2D eigenvalue weighted by atomic mass is 16.4. The standard InChI is InChI=1S/C4H9N.C2H4O2/c5-4-2-1-3-4;1-2(3)4/h4H,1-3,5H2;1H3,(H,3,4). The smallest absolute Gasteiger partial charge is 0.300 e. The van der Waals surface area contributed by atoms with Gasteiger partial charge in [-0.25, -0.2) is 0 Å². The highest BCUT2D eigenvalue weighted by molar-refractivity contribution is 5.62. The molecular formula is C6H13NO2. The molecule has 1 fully saturated rings. The summed E-state index contributed by atoms with van der Waals surface area (Å²) in [6.45, 7) is 1.08. The van der Waals surface area contributed by atoms with E-state index >= 15 is 0 Å². The van der Waals surface area contributed by atoms with Crippen molar-refractivity contribution in [1.82, 2.24) is 0 Å². The van der Waals surface area contributed by atoms with Gasteiger partial charge in [-0.15, -0.1) is 0 Å². The van der Waals surface area contributed by atoms with Gasteiger partial charge in [0.1, 0.15) is 0 Å². The Morgan fingerprint density at radius 3 is 1.89 bits per heavy atom. The molecule has 0 unspecified atom stereocenters. The number of carboxylic acid groups (broad SMARTS) is 1. The molecule has 1 saturated carbocycles. The Labute approximate surface area is 54.9 Å². The topological polar surface area (TPSA) is 63.3 Å². The first-order valence-corrected chi connectivity index (χ1v) is 3.08. The highest BCUT2D eigenvalue weighted by Crippen LogP contribution is 2.14. The normalized spacial score (nSPS) is 17.1. The zero-order valence-electron chi connectivity index (χ0n) is 5.63. The highest BCUT2D eigenvalue weighted by Gasteiger charge is 2.09. The van der Waals surface area contributed by atoms with Crippen LogP contribution in [0.3, 0.4) is 0 Å². The summed E-state index contributed by atoms with van der Waals surface area (Å²) in [4.78, 5) is 9.00. The van der Waals surface area contributed by atoms with E-state index in [1.54, 1.807) is 0 Å². The molecule has 0 atom stereocenters. The molecule has 9 heavy (non-hydrogen) atoms. The first-order valence-electron chi connectivity index (χ1n) is 3.08. The summed E-state index contributed by atoms with van der Waals surface area (Å²) < 4.78 is 0. The average molecular weight is 131 g/mol. The van der Waals surface area contributed by atoms with Crippen LogP contribution in [0.4, 0.5) is 0 Å². The minimum Gasteiger partial charge on any atom is -0.481 e. The minimum atomic E-state index is -0.833. The predicted octanol–water partition coefficient (Wildman–Crippen LogP) is 0.588. The zero-order chi connectivity index (χ0) is 7.28. The van der Waals surface area contributed by atoms with Crippen molar-refractivity contribution in [2.24, 2.45) is 5.73 Å². The Hall–Kier alpha value is -0.570. The molecule has 0 bridgehead atoms. The average Bonchev–Trinajstić information content (AvgIpc) is 1.59. The van der Waals surface area contributed by atoms with Crippen molar-refractivity contribution < 1.29 is 9.90 Å². The first-order chi connectivity index (χ1) is 4.13. The maximum Gasteiger partial charge on any atom is 0.300 e. The second-order valence-electron chi connectivity index (χ2n) is 2.21. The Balaban J connectivity index is 0.000000148. The summed E-state index contributed by atoms with van der Waals surface area (Å²) in [6.07, 6.45) is 3.89. The van der Waals surface area contributed by atoms with Gasteiger partial charge in [0.05, 0.1) is 0 Å². The van der Waals surface area contributed by atoms with Crippen LogP contribution in [0.1, 0.15) is 26.2 Å². The molecule has 3 nitrogen and oxygen atoms in total. The van der Waals surface area contributed by atoms with Crippen molar-refractivity contribution in [1.29, 1.82) is 0 Å². The van der Waals surface area contributed by atoms with Crippen LogP contribution in [-0.2, 0) is 4.79 Å². The quantitative estimate of drug-likeness (QED) is 0.505. The predicted molar refractivity (Wildman–Crippen MR) is 35.1 cm³/mol. The Morgan fingerprint density at radius 2 is 1.89 bits per heavy atom. The van der Waals surface area contributed by atoms with Gasteiger partial charge in [-0.05, 0) is 12.8 Å². The van der Waals surface area contributed by atoms with E-state index in [0.29, 0.717) is 6.04 Å². The molecule has 0 aromatic rings. The lowest BCUT2D eigenvalue weighted by molar-refractivity contribution is -0.134. The van der Waals surface area contributed by atoms with Crippen molar-refractivity contribution in [3.63, 3.8) is 0 Å². The number of nitrogens with two attached hydrogens (primary N) is 1. The van der Waals surface area contributed by atoms with E-state index in [9.17, 15) is 0 Å². The SMILES string of the molecule is CC(=O)O.NC1CCC1. The third-order valence-corrected chi connectivity index (χ3v) is 1.15. The van der Waals surface area contributed by atoms with Crippen LogP contribution < -0.4 is 5.73 Å². The molecule has 0 aliphatic heterocycles. The van der Waals surface area contributed by atoms with E-state index in [1.165, 1.54) is 19.3 Å². The second-order valence-corrected chi connectivity index (χ2v) is 2.21. The summed E-state index contributed by atoms with van der Waals surface area (Å²) in [5.41, 5.74) is 5.38. The van der Waals surface area contributed by atoms with Crippen molar-refractivity contribution in [3.8, 4) is 0 Å². The first kappa shape index (κ1) is 8.43. The van der Waals surface area contributed by atoms with Crippen molar-refractivity contribution in [3.05, 3.63) is 0 Å². The van der Waals surface area contributed by atoms with Gasteiger partial charge in [-0.2, -0.15) is 0 Å². The van der Waals surface area contributed by atoms with Crippen LogP contribution in [0.2, 0.25) is 0 Å². The molecular weight excluding hydrogens is 118 g/mol. The van der Waals surface area contributed by atoms with E-state index in [1.807, 2.05) is 0 Å². The Morgan fingerprint density at radius 1 is 1.67 bits per heavy atom. The van der Waals surface area contributed by atoms with Gasteiger partial charge < -0.3 is 10.8 Å². The van der Waals surface area contributed by atoms with Crippen LogP contribution in [0.25, 0.3) is 0 Å². The number of aliphatic carboxylic acids is 1. The van der Waals surface area contributed by atoms with Gasteiger partial charge in [-0.3, -0.25) is 4.79 Å². The van der Waals surface area contributed by atoms with Crippen LogP contribution >= 0.6 is 0 Å². The second kappa shape index (κ2) is 4.32. The number of rotatable bonds is 0. The van der Waals surface area contributed by atoms with Crippen LogP contribution in [-0.4, -0.2) is 17.1 Å². The van der Waals surface area contributed by atoms with Gasteiger partial charge in [0.25, 0.3) is 5.97 Å². The fraction of sp³-hybridized carbons (Fsp3) is 0.833. The summed E-state index contributed by atoms with van der Waals surface area (Å²) in [7, 11) is 0. The fourth-order valence-corrected chi connectivity index (χ4v) is 0.440. The number of carboxylic acids is 1. The van der Waals surface area contributed by atoms with Crippen LogP contribution in [0.5, 0.6) is 0 Å². The van der Waals surface area contributed by atoms with E-state index < -0.39 is 5.97 Å². The molecule has 0 saturated heterocycles.